The first-order valence-corrected chi connectivity index (χ1v) is 8.60. The van der Waals surface area contributed by atoms with Crippen molar-refractivity contribution in [2.75, 3.05) is 0 Å². The van der Waals surface area contributed by atoms with Gasteiger partial charge in [0.1, 0.15) is 11.2 Å². The minimum Gasteiger partial charge on any atom is -0.455 e. The van der Waals surface area contributed by atoms with Crippen LogP contribution < -0.4 is 0 Å². The number of fused-ring (bicyclic) bond motifs is 3. The molecule has 0 saturated heterocycles. The predicted octanol–water partition coefficient (Wildman–Crippen LogP) is 6.81. The molecule has 0 N–H and O–H groups in total. The summed E-state index contributed by atoms with van der Waals surface area (Å²) in [4.78, 5) is 0. The molecule has 1 nitrogen and oxygen atoms in total. The second kappa shape index (κ2) is 5.53. The molecule has 23 heavy (non-hydrogen) atoms. The summed E-state index contributed by atoms with van der Waals surface area (Å²) in [5, 5.41) is 2.34. The van der Waals surface area contributed by atoms with Crippen molar-refractivity contribution in [3.8, 4) is 11.1 Å². The highest BCUT2D eigenvalue weighted by molar-refractivity contribution is 14.1. The number of rotatable bonds is 2. The van der Waals surface area contributed by atoms with Gasteiger partial charge in [0.15, 0.2) is 0 Å². The third kappa shape index (κ3) is 2.20. The Hall–Kier alpha value is -2.07. The van der Waals surface area contributed by atoms with Gasteiger partial charge in [-0.05, 0) is 63.9 Å². The molecule has 0 aliphatic heterocycles. The first-order chi connectivity index (χ1) is 11.2. The van der Waals surface area contributed by atoms with Crippen LogP contribution in [0.3, 0.4) is 0 Å². The van der Waals surface area contributed by atoms with Crippen molar-refractivity contribution in [3.63, 3.8) is 0 Å². The number of hydrogen-bond acceptors (Lipinski definition) is 1. The van der Waals surface area contributed by atoms with Crippen LogP contribution >= 0.6 is 22.6 Å². The highest BCUT2D eigenvalue weighted by Crippen LogP contribution is 2.39. The minimum atomic E-state index is 0.939. The number of halogens is 1. The number of furan rings is 1. The maximum atomic E-state index is 6.08. The Bertz CT molecular complexity index is 1060. The van der Waals surface area contributed by atoms with Crippen molar-refractivity contribution in [1.29, 1.82) is 0 Å². The van der Waals surface area contributed by atoms with E-state index in [1.165, 1.54) is 25.6 Å². The molecule has 2 heteroatoms. The average Bonchev–Trinajstić information content (AvgIpc) is 2.97. The molecule has 3 aromatic carbocycles. The number of para-hydroxylation sites is 1. The van der Waals surface area contributed by atoms with Gasteiger partial charge in [-0.2, -0.15) is 0 Å². The fourth-order valence-corrected chi connectivity index (χ4v) is 3.80. The monoisotopic (exact) mass is 410 g/mol. The third-order valence-corrected chi connectivity index (χ3v) is 5.62. The molecule has 0 spiro atoms. The molecule has 0 bridgehead atoms. The lowest BCUT2D eigenvalue weighted by Gasteiger charge is -2.11. The van der Waals surface area contributed by atoms with Crippen LogP contribution in [0.2, 0.25) is 0 Å². The fourth-order valence-electron chi connectivity index (χ4n) is 3.11. The standard InChI is InChI=1S/C21H15IO/c1-3-14-8-4-5-9-15(14)17-12-18-16-10-6-7-11-19(16)23-21(18)20(22)13(17)2/h3-12H,1H2,2H3. The maximum Gasteiger partial charge on any atom is 0.149 e. The Morgan fingerprint density at radius 2 is 1.70 bits per heavy atom. The predicted molar refractivity (Wildman–Crippen MR) is 107 cm³/mol. The Labute approximate surface area is 148 Å². The lowest BCUT2D eigenvalue weighted by atomic mass is 9.94. The largest absolute Gasteiger partial charge is 0.455 e. The van der Waals surface area contributed by atoms with E-state index in [0.29, 0.717) is 0 Å². The third-order valence-electron chi connectivity index (χ3n) is 4.33. The Kier molecular flexibility index (Phi) is 3.49. The van der Waals surface area contributed by atoms with Crippen LogP contribution in [0.25, 0.3) is 39.1 Å². The summed E-state index contributed by atoms with van der Waals surface area (Å²) in [5.74, 6) is 0. The van der Waals surface area contributed by atoms with Crippen molar-refractivity contribution in [1.82, 2.24) is 0 Å². The minimum absolute atomic E-state index is 0.939. The normalized spacial score (nSPS) is 11.2. The topological polar surface area (TPSA) is 13.1 Å². The van der Waals surface area contributed by atoms with Crippen LogP contribution in [0, 0.1) is 10.5 Å². The number of benzene rings is 3. The SMILES string of the molecule is C=Cc1ccccc1-c1cc2c(oc3ccccc32)c(I)c1C. The molecular formula is C21H15IO. The summed E-state index contributed by atoms with van der Waals surface area (Å²) < 4.78 is 7.26. The van der Waals surface area contributed by atoms with Crippen molar-refractivity contribution in [3.05, 3.63) is 75.9 Å². The van der Waals surface area contributed by atoms with Gasteiger partial charge in [0.25, 0.3) is 0 Å². The van der Waals surface area contributed by atoms with Gasteiger partial charge in [0, 0.05) is 10.8 Å². The van der Waals surface area contributed by atoms with Gasteiger partial charge in [0.05, 0.1) is 3.57 Å². The van der Waals surface area contributed by atoms with E-state index >= 15 is 0 Å². The van der Waals surface area contributed by atoms with E-state index in [0.717, 1.165) is 22.1 Å². The highest BCUT2D eigenvalue weighted by atomic mass is 127. The van der Waals surface area contributed by atoms with Gasteiger partial charge >= 0.3 is 0 Å². The molecule has 0 radical (unpaired) electrons. The fraction of sp³-hybridized carbons (Fsp3) is 0.0476. The summed E-state index contributed by atoms with van der Waals surface area (Å²) in [6.45, 7) is 6.11. The smallest absolute Gasteiger partial charge is 0.149 e. The molecule has 0 amide bonds. The lowest BCUT2D eigenvalue weighted by Crippen LogP contribution is -1.90. The molecule has 112 valence electrons. The number of hydrogen-bond donors (Lipinski definition) is 0. The van der Waals surface area contributed by atoms with Crippen molar-refractivity contribution in [2.45, 2.75) is 6.92 Å². The Morgan fingerprint density at radius 3 is 2.52 bits per heavy atom. The lowest BCUT2D eigenvalue weighted by molar-refractivity contribution is 0.666. The average molecular weight is 410 g/mol. The second-order valence-electron chi connectivity index (χ2n) is 5.63. The van der Waals surface area contributed by atoms with Gasteiger partial charge in [-0.15, -0.1) is 0 Å². The molecule has 0 unspecified atom stereocenters. The maximum absolute atomic E-state index is 6.08. The molecule has 1 aromatic heterocycles. The van der Waals surface area contributed by atoms with Gasteiger partial charge < -0.3 is 4.42 Å². The second-order valence-corrected chi connectivity index (χ2v) is 6.71. The molecule has 0 aliphatic rings. The van der Waals surface area contributed by atoms with Gasteiger partial charge in [-0.25, -0.2) is 0 Å². The van der Waals surface area contributed by atoms with Crippen molar-refractivity contribution in [2.24, 2.45) is 0 Å². The van der Waals surface area contributed by atoms with Crippen LogP contribution in [0.5, 0.6) is 0 Å². The first-order valence-electron chi connectivity index (χ1n) is 7.53. The Morgan fingerprint density at radius 1 is 0.957 bits per heavy atom. The first kappa shape index (κ1) is 14.5. The summed E-state index contributed by atoms with van der Waals surface area (Å²) in [5.41, 5.74) is 6.76. The van der Waals surface area contributed by atoms with Crippen molar-refractivity contribution < 1.29 is 4.42 Å². The molecule has 0 saturated carbocycles. The zero-order valence-electron chi connectivity index (χ0n) is 12.8. The van der Waals surface area contributed by atoms with E-state index in [2.05, 4.69) is 72.5 Å². The van der Waals surface area contributed by atoms with Crippen LogP contribution in [0.1, 0.15) is 11.1 Å². The summed E-state index contributed by atoms with van der Waals surface area (Å²) in [6, 6.07) is 18.9. The Balaban J connectivity index is 2.14. The molecular weight excluding hydrogens is 395 g/mol. The van der Waals surface area contributed by atoms with Gasteiger partial charge in [-0.3, -0.25) is 0 Å². The quantitative estimate of drug-likeness (QED) is 0.331. The molecule has 0 fully saturated rings. The zero-order valence-corrected chi connectivity index (χ0v) is 14.9. The van der Waals surface area contributed by atoms with Crippen LogP contribution in [0.15, 0.2) is 65.6 Å². The molecule has 1 heterocycles. The summed E-state index contributed by atoms with van der Waals surface area (Å²) in [6.07, 6.45) is 1.92. The zero-order chi connectivity index (χ0) is 16.0. The van der Waals surface area contributed by atoms with Crippen LogP contribution in [0.4, 0.5) is 0 Å². The highest BCUT2D eigenvalue weighted by Gasteiger charge is 2.16. The van der Waals surface area contributed by atoms with E-state index in [1.54, 1.807) is 0 Å². The van der Waals surface area contributed by atoms with Crippen LogP contribution in [-0.4, -0.2) is 0 Å². The van der Waals surface area contributed by atoms with E-state index in [-0.39, 0.29) is 0 Å². The van der Waals surface area contributed by atoms with Gasteiger partial charge in [0.2, 0.25) is 0 Å². The van der Waals surface area contributed by atoms with Crippen LogP contribution in [-0.2, 0) is 0 Å². The van der Waals surface area contributed by atoms with E-state index in [9.17, 15) is 0 Å². The van der Waals surface area contributed by atoms with E-state index in [4.69, 9.17) is 4.42 Å². The molecule has 0 atom stereocenters. The molecule has 0 aliphatic carbocycles. The van der Waals surface area contributed by atoms with Crippen molar-refractivity contribution >= 4 is 50.6 Å². The molecule has 4 rings (SSSR count). The van der Waals surface area contributed by atoms with E-state index in [1.807, 2.05) is 24.3 Å². The molecule has 4 aromatic rings. The van der Waals surface area contributed by atoms with Gasteiger partial charge in [-0.1, -0.05) is 55.1 Å². The summed E-state index contributed by atoms with van der Waals surface area (Å²) >= 11 is 2.39. The summed E-state index contributed by atoms with van der Waals surface area (Å²) in [7, 11) is 0. The van der Waals surface area contributed by atoms with E-state index < -0.39 is 0 Å².